The summed E-state index contributed by atoms with van der Waals surface area (Å²) < 4.78 is 46.7. The molecule has 0 unspecified atom stereocenters. The number of halogens is 3. The molecule has 0 bridgehead atoms. The van der Waals surface area contributed by atoms with Crippen LogP contribution in [0.4, 0.5) is 24.7 Å². The van der Waals surface area contributed by atoms with E-state index in [-0.39, 0.29) is 23.4 Å². The fourth-order valence-corrected chi connectivity index (χ4v) is 3.40. The minimum absolute atomic E-state index is 0.00699. The molecule has 4 rings (SSSR count). The highest BCUT2D eigenvalue weighted by atomic mass is 19.4. The van der Waals surface area contributed by atoms with Crippen molar-refractivity contribution in [3.63, 3.8) is 0 Å². The Bertz CT molecular complexity index is 1330. The van der Waals surface area contributed by atoms with Crippen molar-refractivity contribution in [2.45, 2.75) is 26.1 Å². The number of hydrogen-bond donors (Lipinski definition) is 2. The fourth-order valence-electron chi connectivity index (χ4n) is 3.40. The number of amides is 1. The average molecular weight is 455 g/mol. The van der Waals surface area contributed by atoms with Crippen LogP contribution in [0.1, 0.15) is 35.8 Å². The second-order valence-corrected chi connectivity index (χ2v) is 7.64. The summed E-state index contributed by atoms with van der Waals surface area (Å²) in [5, 5.41) is 3.19. The molecule has 0 saturated heterocycles. The van der Waals surface area contributed by atoms with Gasteiger partial charge in [-0.3, -0.25) is 4.79 Å². The Morgan fingerprint density at radius 3 is 2.61 bits per heavy atom. The van der Waals surface area contributed by atoms with E-state index in [0.717, 1.165) is 17.6 Å². The van der Waals surface area contributed by atoms with E-state index < -0.39 is 17.6 Å². The second-order valence-electron chi connectivity index (χ2n) is 7.64. The molecule has 3 N–H and O–H groups in total. The smallest absolute Gasteiger partial charge is 0.416 e. The van der Waals surface area contributed by atoms with Crippen molar-refractivity contribution >= 4 is 28.3 Å². The third-order valence-electron chi connectivity index (χ3n) is 4.94. The zero-order chi connectivity index (χ0) is 23.8. The van der Waals surface area contributed by atoms with Crippen LogP contribution >= 0.6 is 0 Å². The molecule has 0 fully saturated rings. The number of hydrogen-bond acceptors (Lipinski definition) is 5. The van der Waals surface area contributed by atoms with Gasteiger partial charge in [0.2, 0.25) is 5.88 Å². The first-order valence-electron chi connectivity index (χ1n) is 10.0. The van der Waals surface area contributed by atoms with Crippen LogP contribution in [-0.4, -0.2) is 20.4 Å². The van der Waals surface area contributed by atoms with Crippen LogP contribution in [0.3, 0.4) is 0 Å². The third kappa shape index (κ3) is 4.74. The lowest BCUT2D eigenvalue weighted by Crippen LogP contribution is -2.13. The molecule has 4 aromatic rings. The quantitative estimate of drug-likeness (QED) is 0.405. The molecule has 0 aliphatic heterocycles. The van der Waals surface area contributed by atoms with Gasteiger partial charge in [-0.1, -0.05) is 6.07 Å². The summed E-state index contributed by atoms with van der Waals surface area (Å²) in [6.45, 7) is 3.90. The van der Waals surface area contributed by atoms with E-state index in [0.29, 0.717) is 16.7 Å². The summed E-state index contributed by atoms with van der Waals surface area (Å²) in [7, 11) is 0. The molecule has 7 nitrogen and oxygen atoms in total. The van der Waals surface area contributed by atoms with E-state index in [1.807, 2.05) is 18.4 Å². The molecule has 10 heteroatoms. The molecule has 2 heterocycles. The largest absolute Gasteiger partial charge is 0.439 e. The number of anilines is 2. The van der Waals surface area contributed by atoms with Gasteiger partial charge in [-0.15, -0.1) is 0 Å². The van der Waals surface area contributed by atoms with Crippen LogP contribution in [0.2, 0.25) is 0 Å². The minimum atomic E-state index is -4.50. The lowest BCUT2D eigenvalue weighted by Gasteiger charge is -2.10. The zero-order valence-corrected chi connectivity index (χ0v) is 17.7. The molecule has 0 aliphatic carbocycles. The summed E-state index contributed by atoms with van der Waals surface area (Å²) in [5.74, 6) is 0.494. The van der Waals surface area contributed by atoms with E-state index in [2.05, 4.69) is 15.3 Å². The number of carbonyl (C=O) groups excluding carboxylic acids is 1. The molecule has 2 aromatic heterocycles. The third-order valence-corrected chi connectivity index (χ3v) is 4.94. The van der Waals surface area contributed by atoms with Crippen LogP contribution in [0.15, 0.2) is 61.1 Å². The van der Waals surface area contributed by atoms with Crippen molar-refractivity contribution in [2.75, 3.05) is 11.1 Å². The van der Waals surface area contributed by atoms with Crippen LogP contribution in [0, 0.1) is 0 Å². The topological polar surface area (TPSA) is 95.1 Å². The molecular formula is C23H20F3N5O2. The zero-order valence-electron chi connectivity index (χ0n) is 17.7. The van der Waals surface area contributed by atoms with Crippen LogP contribution in [0.5, 0.6) is 11.6 Å². The molecule has 0 radical (unpaired) electrons. The first-order chi connectivity index (χ1) is 15.6. The number of nitrogens with two attached hydrogens (primary N) is 1. The van der Waals surface area contributed by atoms with E-state index in [9.17, 15) is 18.0 Å². The van der Waals surface area contributed by atoms with Gasteiger partial charge in [0.25, 0.3) is 5.91 Å². The molecule has 0 spiro atoms. The highest BCUT2D eigenvalue weighted by Crippen LogP contribution is 2.33. The highest BCUT2D eigenvalue weighted by Gasteiger charge is 2.30. The van der Waals surface area contributed by atoms with Crippen molar-refractivity contribution < 1.29 is 22.7 Å². The minimum Gasteiger partial charge on any atom is -0.439 e. The van der Waals surface area contributed by atoms with Crippen molar-refractivity contribution in [3.05, 3.63) is 72.2 Å². The predicted molar refractivity (Wildman–Crippen MR) is 118 cm³/mol. The van der Waals surface area contributed by atoms with Crippen LogP contribution in [0.25, 0.3) is 10.9 Å². The van der Waals surface area contributed by atoms with Crippen LogP contribution in [-0.2, 0) is 6.18 Å². The van der Waals surface area contributed by atoms with Gasteiger partial charge in [0.05, 0.1) is 16.6 Å². The molecule has 2 aromatic carbocycles. The van der Waals surface area contributed by atoms with Gasteiger partial charge >= 0.3 is 6.18 Å². The average Bonchev–Trinajstić information content (AvgIpc) is 3.13. The number of benzene rings is 2. The van der Waals surface area contributed by atoms with E-state index in [4.69, 9.17) is 10.5 Å². The summed E-state index contributed by atoms with van der Waals surface area (Å²) in [4.78, 5) is 20.8. The molecule has 0 aliphatic rings. The monoisotopic (exact) mass is 455 g/mol. The Kier molecular flexibility index (Phi) is 5.67. The molecule has 0 atom stereocenters. The number of fused-ring (bicyclic) bond motifs is 1. The Hall–Kier alpha value is -4.08. The van der Waals surface area contributed by atoms with Gasteiger partial charge in [0.15, 0.2) is 0 Å². The van der Waals surface area contributed by atoms with Crippen molar-refractivity contribution in [2.24, 2.45) is 0 Å². The lowest BCUT2D eigenvalue weighted by atomic mass is 10.1. The number of rotatable bonds is 5. The van der Waals surface area contributed by atoms with Gasteiger partial charge in [-0.2, -0.15) is 13.2 Å². The van der Waals surface area contributed by atoms with Gasteiger partial charge in [-0.25, -0.2) is 9.97 Å². The molecule has 33 heavy (non-hydrogen) atoms. The molecule has 0 saturated carbocycles. The summed E-state index contributed by atoms with van der Waals surface area (Å²) >= 11 is 0. The summed E-state index contributed by atoms with van der Waals surface area (Å²) in [6.07, 6.45) is -1.54. The van der Waals surface area contributed by atoms with Crippen molar-refractivity contribution in [3.8, 4) is 11.6 Å². The summed E-state index contributed by atoms with van der Waals surface area (Å²) in [6, 6.07) is 11.2. The van der Waals surface area contributed by atoms with Crippen LogP contribution < -0.4 is 15.8 Å². The van der Waals surface area contributed by atoms with Gasteiger partial charge in [-0.05, 0) is 44.2 Å². The number of nitrogens with one attached hydrogen (secondary N) is 1. The van der Waals surface area contributed by atoms with Gasteiger partial charge in [0, 0.05) is 35.4 Å². The van der Waals surface area contributed by atoms with Gasteiger partial charge < -0.3 is 20.4 Å². The van der Waals surface area contributed by atoms with E-state index in [1.54, 1.807) is 24.4 Å². The first-order valence-corrected chi connectivity index (χ1v) is 10.0. The maximum Gasteiger partial charge on any atom is 0.416 e. The number of ether oxygens (including phenoxy) is 1. The SMILES string of the molecule is CC(C)n1cc(C(=O)Nc2cccc(C(F)(F)F)c2)c2ccc(Oc3cc(N)ncn3)cc21. The maximum absolute atomic E-state index is 13.0. The maximum atomic E-state index is 13.0. The normalized spacial score (nSPS) is 11.7. The number of nitrogen functional groups attached to an aromatic ring is 1. The molecule has 1 amide bonds. The van der Waals surface area contributed by atoms with E-state index in [1.165, 1.54) is 24.5 Å². The highest BCUT2D eigenvalue weighted by molar-refractivity contribution is 6.13. The Labute approximate surface area is 187 Å². The Morgan fingerprint density at radius 2 is 1.91 bits per heavy atom. The Balaban J connectivity index is 1.67. The second kappa shape index (κ2) is 8.45. The standard InChI is InChI=1S/C23H20F3N5O2/c1-13(2)31-11-18(22(32)30-15-5-3-4-14(8-15)23(24,25)26)17-7-6-16(9-19(17)31)33-21-10-20(27)28-12-29-21/h3-13H,1-2H3,(H,30,32)(H2,27,28,29). The van der Waals surface area contributed by atoms with Crippen molar-refractivity contribution in [1.82, 2.24) is 14.5 Å². The fraction of sp³-hybridized carbons (Fsp3) is 0.174. The van der Waals surface area contributed by atoms with Gasteiger partial charge in [0.1, 0.15) is 17.9 Å². The van der Waals surface area contributed by atoms with Crippen molar-refractivity contribution in [1.29, 1.82) is 0 Å². The first kappa shape index (κ1) is 22.1. The number of aromatic nitrogens is 3. The predicted octanol–water partition coefficient (Wildman–Crippen LogP) is 5.66. The number of alkyl halides is 3. The van der Waals surface area contributed by atoms with E-state index >= 15 is 0 Å². The molecular weight excluding hydrogens is 435 g/mol. The summed E-state index contributed by atoms with van der Waals surface area (Å²) in [5.41, 5.74) is 5.93. The lowest BCUT2D eigenvalue weighted by molar-refractivity contribution is -0.137. The number of nitrogens with zero attached hydrogens (tertiary/aromatic N) is 3. The number of carbonyl (C=O) groups is 1. The Morgan fingerprint density at radius 1 is 1.12 bits per heavy atom. The molecule has 170 valence electrons.